The fourth-order valence-electron chi connectivity index (χ4n) is 2.62. The maximum Gasteiger partial charge on any atom is 0.303 e. The van der Waals surface area contributed by atoms with E-state index in [1.54, 1.807) is 17.2 Å². The van der Waals surface area contributed by atoms with Crippen molar-refractivity contribution in [3.05, 3.63) is 54.0 Å². The van der Waals surface area contributed by atoms with E-state index in [1.165, 1.54) is 43.0 Å². The summed E-state index contributed by atoms with van der Waals surface area (Å²) in [6.07, 6.45) is 2.09. The van der Waals surface area contributed by atoms with E-state index in [0.717, 1.165) is 5.56 Å². The Kier molecular flexibility index (Phi) is 6.28. The van der Waals surface area contributed by atoms with Gasteiger partial charge in [0.2, 0.25) is 11.8 Å². The van der Waals surface area contributed by atoms with Crippen LogP contribution in [0.2, 0.25) is 0 Å². The first kappa shape index (κ1) is 19.2. The fraction of sp³-hybridized carbons (Fsp3) is 0.316. The maximum absolute atomic E-state index is 12.9. The Morgan fingerprint density at radius 3 is 2.74 bits per heavy atom. The number of thioether (sulfide) groups is 1. The fourth-order valence-corrected chi connectivity index (χ4v) is 3.59. The first-order valence-electron chi connectivity index (χ1n) is 8.40. The van der Waals surface area contributed by atoms with Crippen LogP contribution >= 0.6 is 11.8 Å². The number of carbonyl (C=O) groups excluding carboxylic acids is 2. The van der Waals surface area contributed by atoms with E-state index in [1.807, 2.05) is 6.07 Å². The van der Waals surface area contributed by atoms with Crippen molar-refractivity contribution >= 4 is 23.6 Å². The summed E-state index contributed by atoms with van der Waals surface area (Å²) >= 11 is 1.47. The lowest BCUT2D eigenvalue weighted by Crippen LogP contribution is -2.25. The third-order valence-electron chi connectivity index (χ3n) is 3.95. The highest BCUT2D eigenvalue weighted by atomic mass is 32.2. The molecule has 1 atom stereocenters. The third kappa shape index (κ3) is 5.68. The molecule has 1 fully saturated rings. The number of aromatic nitrogens is 1. The van der Waals surface area contributed by atoms with Crippen LogP contribution in [0.25, 0.3) is 0 Å². The highest BCUT2D eigenvalue weighted by Gasteiger charge is 2.30. The number of hydrogen-bond acceptors (Lipinski definition) is 6. The molecule has 142 valence electrons. The molecule has 0 radical (unpaired) electrons. The van der Waals surface area contributed by atoms with Gasteiger partial charge in [0, 0.05) is 43.9 Å². The molecule has 1 aliphatic heterocycles. The number of esters is 1. The summed E-state index contributed by atoms with van der Waals surface area (Å²) in [4.78, 5) is 29.0. The second-order valence-corrected chi connectivity index (χ2v) is 7.32. The van der Waals surface area contributed by atoms with Crippen molar-refractivity contribution in [1.82, 2.24) is 9.88 Å². The van der Waals surface area contributed by atoms with Gasteiger partial charge in [0.25, 0.3) is 0 Å². The van der Waals surface area contributed by atoms with E-state index in [-0.39, 0.29) is 28.9 Å². The first-order chi connectivity index (χ1) is 13.0. The van der Waals surface area contributed by atoms with Crippen LogP contribution in [0.3, 0.4) is 0 Å². The van der Waals surface area contributed by atoms with Crippen LogP contribution in [0.1, 0.15) is 18.9 Å². The lowest BCUT2D eigenvalue weighted by Gasteiger charge is -2.16. The maximum atomic E-state index is 12.9. The third-order valence-corrected chi connectivity index (χ3v) is 4.99. The van der Waals surface area contributed by atoms with Crippen LogP contribution < -0.4 is 4.74 Å². The minimum atomic E-state index is -0.328. The van der Waals surface area contributed by atoms with E-state index < -0.39 is 0 Å². The Labute approximate surface area is 160 Å². The Hall–Kier alpha value is -2.61. The SMILES string of the molecule is CC(=O)OCS[C@@H]1CC(=O)N(Cc2ccc(Oc3ccc(F)cc3)nc2)C1. The lowest BCUT2D eigenvalue weighted by atomic mass is 10.2. The predicted molar refractivity (Wildman–Crippen MR) is 98.8 cm³/mol. The predicted octanol–water partition coefficient (Wildman–Crippen LogP) is 3.37. The first-order valence-corrected chi connectivity index (χ1v) is 9.45. The summed E-state index contributed by atoms with van der Waals surface area (Å²) in [6, 6.07) is 9.25. The number of pyridine rings is 1. The number of nitrogens with zero attached hydrogens (tertiary/aromatic N) is 2. The van der Waals surface area contributed by atoms with Gasteiger partial charge in [-0.1, -0.05) is 6.07 Å². The summed E-state index contributed by atoms with van der Waals surface area (Å²) in [5.41, 5.74) is 0.889. The Balaban J connectivity index is 1.51. The van der Waals surface area contributed by atoms with Crippen molar-refractivity contribution in [2.45, 2.75) is 25.1 Å². The molecule has 0 unspecified atom stereocenters. The van der Waals surface area contributed by atoms with E-state index in [9.17, 15) is 14.0 Å². The highest BCUT2D eigenvalue weighted by Crippen LogP contribution is 2.26. The smallest absolute Gasteiger partial charge is 0.303 e. The molecule has 0 spiro atoms. The summed E-state index contributed by atoms with van der Waals surface area (Å²) in [7, 11) is 0. The van der Waals surface area contributed by atoms with Gasteiger partial charge < -0.3 is 14.4 Å². The number of benzene rings is 1. The van der Waals surface area contributed by atoms with Gasteiger partial charge in [-0.15, -0.1) is 11.8 Å². The molecule has 1 aromatic carbocycles. The molecule has 0 aliphatic carbocycles. The molecule has 6 nitrogen and oxygen atoms in total. The molecule has 1 aromatic heterocycles. The van der Waals surface area contributed by atoms with Crippen molar-refractivity contribution in [1.29, 1.82) is 0 Å². The van der Waals surface area contributed by atoms with Crippen LogP contribution in [0.4, 0.5) is 4.39 Å². The van der Waals surface area contributed by atoms with E-state index >= 15 is 0 Å². The Bertz CT molecular complexity index is 798. The lowest BCUT2D eigenvalue weighted by molar-refractivity contribution is -0.138. The molecule has 3 rings (SSSR count). The van der Waals surface area contributed by atoms with Gasteiger partial charge in [-0.05, 0) is 29.8 Å². The Morgan fingerprint density at radius 2 is 2.07 bits per heavy atom. The average Bonchev–Trinajstić information content (AvgIpc) is 2.98. The monoisotopic (exact) mass is 390 g/mol. The van der Waals surface area contributed by atoms with Gasteiger partial charge >= 0.3 is 5.97 Å². The number of likely N-dealkylation sites (tertiary alicyclic amines) is 1. The molecule has 2 aromatic rings. The number of halogens is 1. The quantitative estimate of drug-likeness (QED) is 0.533. The number of ether oxygens (including phenoxy) is 2. The molecule has 1 aliphatic rings. The van der Waals surface area contributed by atoms with Crippen LogP contribution in [-0.4, -0.2) is 39.5 Å². The molecular weight excluding hydrogens is 371 g/mol. The molecule has 1 amide bonds. The normalized spacial score (nSPS) is 16.4. The van der Waals surface area contributed by atoms with Crippen LogP contribution in [0, 0.1) is 5.82 Å². The Morgan fingerprint density at radius 1 is 1.30 bits per heavy atom. The molecule has 0 saturated carbocycles. The topological polar surface area (TPSA) is 68.7 Å². The molecule has 27 heavy (non-hydrogen) atoms. The summed E-state index contributed by atoms with van der Waals surface area (Å²) in [6.45, 7) is 2.44. The van der Waals surface area contributed by atoms with Crippen molar-refractivity contribution in [2.75, 3.05) is 12.5 Å². The van der Waals surface area contributed by atoms with Crippen LogP contribution in [0.15, 0.2) is 42.6 Å². The van der Waals surface area contributed by atoms with E-state index in [0.29, 0.717) is 31.1 Å². The van der Waals surface area contributed by atoms with Gasteiger partial charge in [-0.2, -0.15) is 0 Å². The minimum absolute atomic E-state index is 0.0713. The molecule has 1 saturated heterocycles. The van der Waals surface area contributed by atoms with E-state index in [2.05, 4.69) is 4.98 Å². The van der Waals surface area contributed by atoms with Gasteiger partial charge in [-0.25, -0.2) is 9.37 Å². The zero-order valence-corrected chi connectivity index (χ0v) is 15.6. The largest absolute Gasteiger partial charge is 0.455 e. The van der Waals surface area contributed by atoms with Crippen LogP contribution in [0.5, 0.6) is 11.6 Å². The molecule has 0 bridgehead atoms. The zero-order chi connectivity index (χ0) is 19.2. The minimum Gasteiger partial charge on any atom is -0.455 e. The summed E-state index contributed by atoms with van der Waals surface area (Å²) < 4.78 is 23.4. The van der Waals surface area contributed by atoms with Gasteiger partial charge in [-0.3, -0.25) is 9.59 Å². The van der Waals surface area contributed by atoms with E-state index in [4.69, 9.17) is 9.47 Å². The zero-order valence-electron chi connectivity index (χ0n) is 14.8. The molecular formula is C19H19FN2O4S. The number of rotatable bonds is 7. The van der Waals surface area contributed by atoms with Crippen molar-refractivity contribution in [3.8, 4) is 11.6 Å². The van der Waals surface area contributed by atoms with Crippen molar-refractivity contribution in [3.63, 3.8) is 0 Å². The second kappa shape index (κ2) is 8.85. The summed E-state index contributed by atoms with van der Waals surface area (Å²) in [5.74, 6) is 0.579. The van der Waals surface area contributed by atoms with Crippen molar-refractivity contribution in [2.24, 2.45) is 0 Å². The highest BCUT2D eigenvalue weighted by molar-refractivity contribution is 7.99. The summed E-state index contributed by atoms with van der Waals surface area (Å²) in [5, 5.41) is 0.117. The molecule has 2 heterocycles. The molecule has 8 heteroatoms. The average molecular weight is 390 g/mol. The van der Waals surface area contributed by atoms with Crippen LogP contribution in [-0.2, 0) is 20.9 Å². The number of carbonyl (C=O) groups is 2. The number of hydrogen-bond donors (Lipinski definition) is 0. The number of amides is 1. The second-order valence-electron chi connectivity index (χ2n) is 6.08. The van der Waals surface area contributed by atoms with Gasteiger partial charge in [0.05, 0.1) is 0 Å². The van der Waals surface area contributed by atoms with Gasteiger partial charge in [0.1, 0.15) is 17.5 Å². The van der Waals surface area contributed by atoms with Crippen molar-refractivity contribution < 1.29 is 23.5 Å². The standard InChI is InChI=1S/C19H19FN2O4S/c1-13(23)25-12-27-17-8-19(24)22(11-17)10-14-2-7-18(21-9-14)26-16-5-3-15(20)4-6-16/h2-7,9,17H,8,10-12H2,1H3/t17-/m1/s1. The van der Waals surface area contributed by atoms with Gasteiger partial charge in [0.15, 0.2) is 0 Å². The molecule has 0 N–H and O–H groups in total.